The van der Waals surface area contributed by atoms with Crippen LogP contribution in [0.5, 0.6) is 0 Å². The zero-order valence-corrected chi connectivity index (χ0v) is 7.59. The summed E-state index contributed by atoms with van der Waals surface area (Å²) in [5.74, 6) is -0.189. The molecule has 1 unspecified atom stereocenters. The summed E-state index contributed by atoms with van der Waals surface area (Å²) >= 11 is 0. The van der Waals surface area contributed by atoms with Crippen molar-refractivity contribution in [2.24, 2.45) is 5.73 Å². The summed E-state index contributed by atoms with van der Waals surface area (Å²) in [6, 6.07) is -0.356. The fourth-order valence-corrected chi connectivity index (χ4v) is 0.944. The molecule has 0 aliphatic carbocycles. The van der Waals surface area contributed by atoms with Gasteiger partial charge in [0.25, 0.3) is 0 Å². The van der Waals surface area contributed by atoms with Crippen LogP contribution < -0.4 is 11.1 Å². The van der Waals surface area contributed by atoms with Crippen molar-refractivity contribution >= 4 is 11.7 Å². The lowest BCUT2D eigenvalue weighted by atomic mass is 10.1. The number of hydrogen-bond acceptors (Lipinski definition) is 3. The highest BCUT2D eigenvalue weighted by Crippen LogP contribution is 1.97. The van der Waals surface area contributed by atoms with Gasteiger partial charge < -0.3 is 11.1 Å². The van der Waals surface area contributed by atoms with Crippen molar-refractivity contribution in [2.45, 2.75) is 32.7 Å². The number of hydrogen-bond donors (Lipinski definition) is 2. The average molecular weight is 172 g/mol. The Morgan fingerprint density at radius 2 is 2.00 bits per heavy atom. The van der Waals surface area contributed by atoms with E-state index in [4.69, 9.17) is 5.73 Å². The predicted octanol–water partition coefficient (Wildman–Crippen LogP) is -0.181. The highest BCUT2D eigenvalue weighted by molar-refractivity contribution is 5.86. The van der Waals surface area contributed by atoms with Gasteiger partial charge in [-0.15, -0.1) is 0 Å². The van der Waals surface area contributed by atoms with Crippen molar-refractivity contribution in [1.29, 1.82) is 0 Å². The van der Waals surface area contributed by atoms with Gasteiger partial charge in [-0.25, -0.2) is 0 Å². The lowest BCUT2D eigenvalue weighted by Gasteiger charge is -2.13. The van der Waals surface area contributed by atoms with Gasteiger partial charge in [0.1, 0.15) is 0 Å². The molecule has 4 nitrogen and oxygen atoms in total. The van der Waals surface area contributed by atoms with Crippen LogP contribution >= 0.6 is 0 Å². The quantitative estimate of drug-likeness (QED) is 0.604. The number of ketones is 1. The minimum atomic E-state index is -0.356. The van der Waals surface area contributed by atoms with Crippen molar-refractivity contribution in [1.82, 2.24) is 5.32 Å². The van der Waals surface area contributed by atoms with E-state index < -0.39 is 0 Å². The molecule has 0 aliphatic heterocycles. The van der Waals surface area contributed by atoms with Crippen LogP contribution in [0.25, 0.3) is 0 Å². The Labute approximate surface area is 72.5 Å². The van der Waals surface area contributed by atoms with Crippen LogP contribution in [0.1, 0.15) is 26.7 Å². The molecule has 0 heterocycles. The molecule has 70 valence electrons. The van der Waals surface area contributed by atoms with Gasteiger partial charge in [0.2, 0.25) is 5.91 Å². The van der Waals surface area contributed by atoms with Gasteiger partial charge in [-0.3, -0.25) is 9.59 Å². The lowest BCUT2D eigenvalue weighted by molar-refractivity contribution is -0.125. The Morgan fingerprint density at radius 3 is 2.33 bits per heavy atom. The molecule has 0 bridgehead atoms. The highest BCUT2D eigenvalue weighted by Gasteiger charge is 2.13. The molecule has 0 rings (SSSR count). The van der Waals surface area contributed by atoms with E-state index in [1.54, 1.807) is 0 Å². The second-order valence-corrected chi connectivity index (χ2v) is 2.79. The Kier molecular flexibility index (Phi) is 5.28. The normalized spacial score (nSPS) is 12.2. The van der Waals surface area contributed by atoms with E-state index in [0.29, 0.717) is 13.0 Å². The predicted molar refractivity (Wildman–Crippen MR) is 46.6 cm³/mol. The molecule has 0 aromatic carbocycles. The molecule has 1 atom stereocenters. The van der Waals surface area contributed by atoms with Gasteiger partial charge in [-0.2, -0.15) is 0 Å². The summed E-state index contributed by atoms with van der Waals surface area (Å²) in [6.45, 7) is 3.42. The van der Waals surface area contributed by atoms with E-state index in [2.05, 4.69) is 5.32 Å². The largest absolute Gasteiger partial charge is 0.347 e. The van der Waals surface area contributed by atoms with Crippen LogP contribution in [-0.2, 0) is 9.59 Å². The zero-order valence-electron chi connectivity index (χ0n) is 7.59. The van der Waals surface area contributed by atoms with Crippen LogP contribution in [0.15, 0.2) is 0 Å². The van der Waals surface area contributed by atoms with Crippen molar-refractivity contribution in [3.63, 3.8) is 0 Å². The monoisotopic (exact) mass is 172 g/mol. The Hall–Kier alpha value is -0.900. The number of nitrogens with one attached hydrogen (secondary N) is 1. The number of amides is 1. The molecular weight excluding hydrogens is 156 g/mol. The molecule has 0 aromatic heterocycles. The number of carbonyl (C=O) groups excluding carboxylic acids is 2. The number of Topliss-reactive ketones (excluding diaryl/α,β-unsaturated/α-hetero) is 1. The van der Waals surface area contributed by atoms with E-state index in [0.717, 1.165) is 6.42 Å². The van der Waals surface area contributed by atoms with Crippen LogP contribution in [-0.4, -0.2) is 24.3 Å². The standard InChI is InChI=1S/C8H16N2O2/c1-6(11)8(4-3-5-9)10-7(2)12/h8H,3-5,9H2,1-2H3,(H,10,12). The van der Waals surface area contributed by atoms with Crippen molar-refractivity contribution in [3.05, 3.63) is 0 Å². The molecule has 0 saturated carbocycles. The second kappa shape index (κ2) is 5.71. The Bertz CT molecular complexity index is 168. The van der Waals surface area contributed by atoms with Gasteiger partial charge in [-0.05, 0) is 26.3 Å². The van der Waals surface area contributed by atoms with Crippen LogP contribution in [0.3, 0.4) is 0 Å². The molecule has 3 N–H and O–H groups in total. The molecular formula is C8H16N2O2. The second-order valence-electron chi connectivity index (χ2n) is 2.79. The lowest BCUT2D eigenvalue weighted by Crippen LogP contribution is -2.38. The van der Waals surface area contributed by atoms with E-state index >= 15 is 0 Å². The van der Waals surface area contributed by atoms with Gasteiger partial charge in [0.15, 0.2) is 5.78 Å². The third-order valence-corrected chi connectivity index (χ3v) is 1.57. The first-order valence-electron chi connectivity index (χ1n) is 4.05. The third-order valence-electron chi connectivity index (χ3n) is 1.57. The van der Waals surface area contributed by atoms with Crippen LogP contribution in [0.4, 0.5) is 0 Å². The molecule has 4 heteroatoms. The Morgan fingerprint density at radius 1 is 1.42 bits per heavy atom. The molecule has 12 heavy (non-hydrogen) atoms. The number of carbonyl (C=O) groups is 2. The number of nitrogens with two attached hydrogens (primary N) is 1. The fourth-order valence-electron chi connectivity index (χ4n) is 0.944. The third kappa shape index (κ3) is 4.85. The SMILES string of the molecule is CC(=O)NC(CCCN)C(C)=O. The maximum absolute atomic E-state index is 10.9. The topological polar surface area (TPSA) is 72.2 Å². The fraction of sp³-hybridized carbons (Fsp3) is 0.750. The molecule has 0 fully saturated rings. The summed E-state index contributed by atoms with van der Waals surface area (Å²) < 4.78 is 0. The van der Waals surface area contributed by atoms with Crippen molar-refractivity contribution in [3.8, 4) is 0 Å². The van der Waals surface area contributed by atoms with Gasteiger partial charge >= 0.3 is 0 Å². The maximum Gasteiger partial charge on any atom is 0.217 e. The smallest absolute Gasteiger partial charge is 0.217 e. The molecule has 0 saturated heterocycles. The molecule has 1 amide bonds. The summed E-state index contributed by atoms with van der Waals surface area (Å²) in [7, 11) is 0. The van der Waals surface area contributed by atoms with E-state index in [-0.39, 0.29) is 17.7 Å². The van der Waals surface area contributed by atoms with Crippen molar-refractivity contribution < 1.29 is 9.59 Å². The summed E-state index contributed by atoms with van der Waals surface area (Å²) in [4.78, 5) is 21.6. The minimum Gasteiger partial charge on any atom is -0.347 e. The van der Waals surface area contributed by atoms with E-state index in [1.807, 2.05) is 0 Å². The summed E-state index contributed by atoms with van der Waals surface area (Å²) in [5.41, 5.74) is 5.28. The van der Waals surface area contributed by atoms with Gasteiger partial charge in [-0.1, -0.05) is 0 Å². The molecule has 0 radical (unpaired) electrons. The first-order valence-corrected chi connectivity index (χ1v) is 4.05. The van der Waals surface area contributed by atoms with Gasteiger partial charge in [0, 0.05) is 6.92 Å². The van der Waals surface area contributed by atoms with E-state index in [9.17, 15) is 9.59 Å². The van der Waals surface area contributed by atoms with Crippen LogP contribution in [0.2, 0.25) is 0 Å². The Balaban J connectivity index is 3.87. The molecule has 0 aliphatic rings. The van der Waals surface area contributed by atoms with Crippen molar-refractivity contribution in [2.75, 3.05) is 6.54 Å². The highest BCUT2D eigenvalue weighted by atomic mass is 16.2. The zero-order chi connectivity index (χ0) is 9.56. The van der Waals surface area contributed by atoms with Gasteiger partial charge in [0.05, 0.1) is 6.04 Å². The molecule has 0 spiro atoms. The average Bonchev–Trinajstić information content (AvgIpc) is 1.96. The summed E-state index contributed by atoms with van der Waals surface area (Å²) in [6.07, 6.45) is 1.38. The first kappa shape index (κ1) is 11.1. The molecule has 0 aromatic rings. The maximum atomic E-state index is 10.9. The number of rotatable bonds is 5. The summed E-state index contributed by atoms with van der Waals surface area (Å²) in [5, 5.41) is 2.57. The first-order chi connectivity index (χ1) is 5.57. The van der Waals surface area contributed by atoms with E-state index in [1.165, 1.54) is 13.8 Å². The van der Waals surface area contributed by atoms with Crippen LogP contribution in [0, 0.1) is 0 Å². The minimum absolute atomic E-state index is 0.0151.